The van der Waals surface area contributed by atoms with Gasteiger partial charge in [-0.15, -0.1) is 11.3 Å². The molecule has 78 valence electrons. The van der Waals surface area contributed by atoms with Gasteiger partial charge in [-0.25, -0.2) is 4.98 Å². The molecule has 0 aromatic carbocycles. The fraction of sp³-hybridized carbons (Fsp3) is 0.500. The van der Waals surface area contributed by atoms with Crippen LogP contribution in [0.4, 0.5) is 0 Å². The van der Waals surface area contributed by atoms with E-state index in [2.05, 4.69) is 11.1 Å². The summed E-state index contributed by atoms with van der Waals surface area (Å²) >= 11 is 1.47. The lowest BCUT2D eigenvalue weighted by atomic mass is 9.67. The zero-order valence-electron chi connectivity index (χ0n) is 8.32. The zero-order chi connectivity index (χ0) is 10.9. The molecule has 0 amide bonds. The molecular weight excluding hydrogens is 212 g/mol. The molecule has 1 aromatic heterocycles. The molecule has 0 N–H and O–H groups in total. The SMILES string of the molecule is COCc1nc(C2(C#N)CC(=O)C2)cs1. The van der Waals surface area contributed by atoms with Gasteiger partial charge in [-0.05, 0) is 0 Å². The number of Topliss-reactive ketones (excluding diaryl/α,β-unsaturated/α-hetero) is 1. The summed E-state index contributed by atoms with van der Waals surface area (Å²) in [7, 11) is 1.61. The van der Waals surface area contributed by atoms with Gasteiger partial charge in [0.05, 0.1) is 18.4 Å². The number of hydrogen-bond donors (Lipinski definition) is 0. The molecule has 0 unspecified atom stereocenters. The van der Waals surface area contributed by atoms with Crippen molar-refractivity contribution in [2.75, 3.05) is 7.11 Å². The van der Waals surface area contributed by atoms with Crippen molar-refractivity contribution in [1.82, 2.24) is 4.98 Å². The van der Waals surface area contributed by atoms with Gasteiger partial charge < -0.3 is 4.74 Å². The minimum atomic E-state index is -0.653. The van der Waals surface area contributed by atoms with Crippen LogP contribution >= 0.6 is 11.3 Å². The highest BCUT2D eigenvalue weighted by molar-refractivity contribution is 7.09. The monoisotopic (exact) mass is 222 g/mol. The van der Waals surface area contributed by atoms with Crippen LogP contribution < -0.4 is 0 Å². The van der Waals surface area contributed by atoms with Crippen LogP contribution in [-0.2, 0) is 21.6 Å². The number of methoxy groups -OCH3 is 1. The summed E-state index contributed by atoms with van der Waals surface area (Å²) in [6.07, 6.45) is 0.610. The second kappa shape index (κ2) is 3.72. The maximum atomic E-state index is 11.0. The molecule has 4 nitrogen and oxygen atoms in total. The molecule has 1 aromatic rings. The Bertz CT molecular complexity index is 425. The summed E-state index contributed by atoms with van der Waals surface area (Å²) in [5.41, 5.74) is 0.0706. The van der Waals surface area contributed by atoms with Crippen LogP contribution in [0.3, 0.4) is 0 Å². The number of nitrogens with zero attached hydrogens (tertiary/aromatic N) is 2. The van der Waals surface area contributed by atoms with E-state index in [9.17, 15) is 4.79 Å². The molecule has 1 aliphatic carbocycles. The summed E-state index contributed by atoms with van der Waals surface area (Å²) in [4.78, 5) is 15.3. The Hall–Kier alpha value is -1.25. The van der Waals surface area contributed by atoms with E-state index in [0.717, 1.165) is 10.7 Å². The molecule has 1 saturated carbocycles. The van der Waals surface area contributed by atoms with Gasteiger partial charge in [0.15, 0.2) is 0 Å². The van der Waals surface area contributed by atoms with Crippen molar-refractivity contribution in [3.8, 4) is 6.07 Å². The van der Waals surface area contributed by atoms with E-state index in [1.807, 2.05) is 5.38 Å². The summed E-state index contributed by atoms with van der Waals surface area (Å²) < 4.78 is 4.96. The van der Waals surface area contributed by atoms with Crippen molar-refractivity contribution < 1.29 is 9.53 Å². The minimum absolute atomic E-state index is 0.137. The van der Waals surface area contributed by atoms with E-state index in [-0.39, 0.29) is 5.78 Å². The van der Waals surface area contributed by atoms with Gasteiger partial charge in [-0.1, -0.05) is 0 Å². The van der Waals surface area contributed by atoms with Crippen LogP contribution in [0.15, 0.2) is 5.38 Å². The third-order valence-corrected chi connectivity index (χ3v) is 3.34. The Morgan fingerprint density at radius 1 is 1.73 bits per heavy atom. The average molecular weight is 222 g/mol. The topological polar surface area (TPSA) is 63.0 Å². The normalized spacial score (nSPS) is 18.3. The highest BCUT2D eigenvalue weighted by Crippen LogP contribution is 2.40. The highest BCUT2D eigenvalue weighted by Gasteiger charge is 2.47. The van der Waals surface area contributed by atoms with Crippen molar-refractivity contribution >= 4 is 17.1 Å². The summed E-state index contributed by atoms with van der Waals surface area (Å²) in [5, 5.41) is 11.8. The molecule has 2 rings (SSSR count). The van der Waals surface area contributed by atoms with Crippen molar-refractivity contribution in [3.63, 3.8) is 0 Å². The molecule has 0 radical (unpaired) electrons. The van der Waals surface area contributed by atoms with E-state index < -0.39 is 5.41 Å². The van der Waals surface area contributed by atoms with E-state index in [1.54, 1.807) is 7.11 Å². The summed E-state index contributed by atoms with van der Waals surface area (Å²) in [6.45, 7) is 0.458. The number of ether oxygens (including phenoxy) is 1. The van der Waals surface area contributed by atoms with Crippen LogP contribution in [0.25, 0.3) is 0 Å². The number of hydrogen-bond acceptors (Lipinski definition) is 5. The largest absolute Gasteiger partial charge is 0.378 e. The Morgan fingerprint density at radius 3 is 3.00 bits per heavy atom. The van der Waals surface area contributed by atoms with Crippen LogP contribution in [0.2, 0.25) is 0 Å². The lowest BCUT2D eigenvalue weighted by Crippen LogP contribution is -2.40. The maximum Gasteiger partial charge on any atom is 0.136 e. The van der Waals surface area contributed by atoms with Crippen molar-refractivity contribution in [3.05, 3.63) is 16.1 Å². The first-order valence-corrected chi connectivity index (χ1v) is 5.45. The fourth-order valence-electron chi connectivity index (χ4n) is 1.66. The minimum Gasteiger partial charge on any atom is -0.378 e. The Kier molecular flexibility index (Phi) is 2.55. The van der Waals surface area contributed by atoms with Crippen molar-refractivity contribution in [1.29, 1.82) is 5.26 Å². The predicted octanol–water partition coefficient (Wildman–Crippen LogP) is 1.41. The fourth-order valence-corrected chi connectivity index (χ4v) is 2.52. The molecule has 1 fully saturated rings. The third-order valence-electron chi connectivity index (χ3n) is 2.52. The van der Waals surface area contributed by atoms with Crippen LogP contribution in [0.5, 0.6) is 0 Å². The van der Waals surface area contributed by atoms with Gasteiger partial charge >= 0.3 is 0 Å². The van der Waals surface area contributed by atoms with Gasteiger partial charge in [-0.2, -0.15) is 5.26 Å². The first kappa shape index (κ1) is 10.3. The third kappa shape index (κ3) is 1.66. The lowest BCUT2D eigenvalue weighted by molar-refractivity contribution is -0.126. The van der Waals surface area contributed by atoms with Crippen LogP contribution in [0.1, 0.15) is 23.5 Å². The van der Waals surface area contributed by atoms with Gasteiger partial charge in [0, 0.05) is 25.3 Å². The molecule has 0 spiro atoms. The van der Waals surface area contributed by atoms with Gasteiger partial charge in [0.1, 0.15) is 16.2 Å². The summed E-state index contributed by atoms with van der Waals surface area (Å²) in [5.74, 6) is 0.137. The quantitative estimate of drug-likeness (QED) is 0.775. The molecule has 15 heavy (non-hydrogen) atoms. The number of rotatable bonds is 3. The predicted molar refractivity (Wildman–Crippen MR) is 54.4 cm³/mol. The Balaban J connectivity index is 2.22. The second-order valence-electron chi connectivity index (χ2n) is 3.65. The van der Waals surface area contributed by atoms with Crippen molar-refractivity contribution in [2.24, 2.45) is 0 Å². The molecular formula is C10H10N2O2S. The Labute approximate surface area is 91.5 Å². The number of nitriles is 1. The molecule has 0 saturated heterocycles. The molecule has 0 aliphatic heterocycles. The second-order valence-corrected chi connectivity index (χ2v) is 4.59. The molecule has 0 atom stereocenters. The smallest absolute Gasteiger partial charge is 0.136 e. The van der Waals surface area contributed by atoms with Gasteiger partial charge in [0.25, 0.3) is 0 Å². The molecule has 1 heterocycles. The van der Waals surface area contributed by atoms with Crippen LogP contribution in [-0.4, -0.2) is 17.9 Å². The molecule has 5 heteroatoms. The molecule has 1 aliphatic rings. The first-order valence-electron chi connectivity index (χ1n) is 4.57. The zero-order valence-corrected chi connectivity index (χ0v) is 9.13. The lowest BCUT2D eigenvalue weighted by Gasteiger charge is -2.31. The van der Waals surface area contributed by atoms with E-state index in [4.69, 9.17) is 10.00 Å². The first-order chi connectivity index (χ1) is 7.20. The summed E-state index contributed by atoms with van der Waals surface area (Å²) in [6, 6.07) is 2.20. The van der Waals surface area contributed by atoms with E-state index in [1.165, 1.54) is 11.3 Å². The standard InChI is InChI=1S/C10H10N2O2S/c1-14-4-9-12-8(5-15-9)10(6-11)2-7(13)3-10/h5H,2-4H2,1H3. The van der Waals surface area contributed by atoms with Crippen LogP contribution in [0, 0.1) is 11.3 Å². The Morgan fingerprint density at radius 2 is 2.47 bits per heavy atom. The average Bonchev–Trinajstić information content (AvgIpc) is 2.62. The van der Waals surface area contributed by atoms with Gasteiger partial charge in [-0.3, -0.25) is 4.79 Å². The number of ketones is 1. The highest BCUT2D eigenvalue weighted by atomic mass is 32.1. The molecule has 0 bridgehead atoms. The number of thiazole rings is 1. The van der Waals surface area contributed by atoms with Crippen molar-refractivity contribution in [2.45, 2.75) is 24.9 Å². The number of carbonyl (C=O) groups excluding carboxylic acids is 1. The van der Waals surface area contributed by atoms with Gasteiger partial charge in [0.2, 0.25) is 0 Å². The van der Waals surface area contributed by atoms with E-state index in [0.29, 0.717) is 19.4 Å². The maximum absolute atomic E-state index is 11.0. The number of aromatic nitrogens is 1. The van der Waals surface area contributed by atoms with E-state index >= 15 is 0 Å². The number of carbonyl (C=O) groups is 1.